The second kappa shape index (κ2) is 12.4. The van der Waals surface area contributed by atoms with Crippen molar-refractivity contribution in [1.82, 2.24) is 24.5 Å². The van der Waals surface area contributed by atoms with Gasteiger partial charge >= 0.3 is 0 Å². The lowest BCUT2D eigenvalue weighted by Gasteiger charge is -2.19. The van der Waals surface area contributed by atoms with E-state index in [0.717, 1.165) is 72.5 Å². The van der Waals surface area contributed by atoms with Crippen molar-refractivity contribution in [3.63, 3.8) is 0 Å². The third-order valence-electron chi connectivity index (χ3n) is 9.77. The summed E-state index contributed by atoms with van der Waals surface area (Å²) in [6, 6.07) is 40.9. The minimum Gasteiger partial charge on any atom is -0.309 e. The number of hydrogen-bond donors (Lipinski definition) is 0. The molecule has 0 radical (unpaired) electrons. The molecule has 0 saturated carbocycles. The maximum atomic E-state index is 4.78. The Kier molecular flexibility index (Phi) is 7.87. The number of rotatable bonds is 5. The van der Waals surface area contributed by atoms with Crippen LogP contribution in [0.25, 0.3) is 72.5 Å². The van der Waals surface area contributed by atoms with E-state index in [1.807, 2.05) is 24.8 Å². The molecule has 0 aliphatic carbocycles. The van der Waals surface area contributed by atoms with Gasteiger partial charge in [0, 0.05) is 63.5 Å². The van der Waals surface area contributed by atoms with Crippen molar-refractivity contribution < 1.29 is 0 Å². The average molecular weight is 664 g/mol. The molecule has 8 rings (SSSR count). The fraction of sp³-hybridized carbons (Fsp3) is 0.174. The van der Waals surface area contributed by atoms with Gasteiger partial charge in [0.05, 0.1) is 11.0 Å². The lowest BCUT2D eigenvalue weighted by molar-refractivity contribution is 0.590. The summed E-state index contributed by atoms with van der Waals surface area (Å²) >= 11 is 0. The van der Waals surface area contributed by atoms with E-state index in [2.05, 4.69) is 161 Å². The van der Waals surface area contributed by atoms with Crippen LogP contribution in [0.3, 0.4) is 0 Å². The normalized spacial score (nSPS) is 12.1. The summed E-state index contributed by atoms with van der Waals surface area (Å²) in [5.41, 5.74) is 12.3. The lowest BCUT2D eigenvalue weighted by Crippen LogP contribution is -2.10. The molecule has 0 saturated heterocycles. The van der Waals surface area contributed by atoms with Crippen LogP contribution in [-0.2, 0) is 10.8 Å². The second-order valence-corrected chi connectivity index (χ2v) is 15.4. The van der Waals surface area contributed by atoms with Crippen molar-refractivity contribution in [2.75, 3.05) is 0 Å². The van der Waals surface area contributed by atoms with Crippen molar-refractivity contribution in [2.45, 2.75) is 52.4 Å². The number of benzene rings is 5. The van der Waals surface area contributed by atoms with E-state index in [1.54, 1.807) is 0 Å². The van der Waals surface area contributed by atoms with Gasteiger partial charge in [-0.1, -0.05) is 120 Å². The van der Waals surface area contributed by atoms with E-state index in [9.17, 15) is 0 Å². The van der Waals surface area contributed by atoms with Crippen molar-refractivity contribution in [3.8, 4) is 50.7 Å². The molecule has 3 heterocycles. The van der Waals surface area contributed by atoms with Crippen molar-refractivity contribution >= 4 is 21.8 Å². The summed E-state index contributed by atoms with van der Waals surface area (Å²) < 4.78 is 2.33. The van der Waals surface area contributed by atoms with Crippen LogP contribution in [-0.4, -0.2) is 24.5 Å². The van der Waals surface area contributed by atoms with Crippen molar-refractivity contribution in [2.24, 2.45) is 0 Å². The predicted molar refractivity (Wildman–Crippen MR) is 211 cm³/mol. The van der Waals surface area contributed by atoms with Gasteiger partial charge in [0.25, 0.3) is 0 Å². The SMILES string of the molecule is CC(C)(C)c1ccc(-c2ncc(-c3ccc4c(c3)c3cc(-c5cnc(-c6ccc(C(C)(C)C)cc6)nc5)ccc3n4-c3ccccc3)cn2)cc1. The molecule has 3 aromatic heterocycles. The highest BCUT2D eigenvalue weighted by atomic mass is 15.0. The number of aromatic nitrogens is 5. The Morgan fingerprint density at radius 2 is 0.765 bits per heavy atom. The van der Waals surface area contributed by atoms with Crippen LogP contribution in [0.4, 0.5) is 0 Å². The molecule has 0 bridgehead atoms. The maximum absolute atomic E-state index is 4.78. The summed E-state index contributed by atoms with van der Waals surface area (Å²) in [6.07, 6.45) is 7.72. The molecule has 250 valence electrons. The molecular formula is C46H41N5. The van der Waals surface area contributed by atoms with Gasteiger partial charge in [0.15, 0.2) is 11.6 Å². The Morgan fingerprint density at radius 1 is 0.392 bits per heavy atom. The molecule has 0 unspecified atom stereocenters. The van der Waals surface area contributed by atoms with Gasteiger partial charge in [-0.3, -0.25) is 0 Å². The highest BCUT2D eigenvalue weighted by Crippen LogP contribution is 2.37. The van der Waals surface area contributed by atoms with Crippen LogP contribution >= 0.6 is 0 Å². The summed E-state index contributed by atoms with van der Waals surface area (Å²) in [6.45, 7) is 13.3. The molecule has 0 aliphatic rings. The summed E-state index contributed by atoms with van der Waals surface area (Å²) in [5.74, 6) is 1.45. The van der Waals surface area contributed by atoms with Crippen LogP contribution in [0.1, 0.15) is 52.7 Å². The minimum absolute atomic E-state index is 0.101. The second-order valence-electron chi connectivity index (χ2n) is 15.4. The van der Waals surface area contributed by atoms with Crippen LogP contribution in [0, 0.1) is 0 Å². The van der Waals surface area contributed by atoms with Gasteiger partial charge in [0.2, 0.25) is 0 Å². The van der Waals surface area contributed by atoms with E-state index in [-0.39, 0.29) is 10.8 Å². The molecule has 5 nitrogen and oxygen atoms in total. The highest BCUT2D eigenvalue weighted by Gasteiger charge is 2.17. The molecule has 0 amide bonds. The van der Waals surface area contributed by atoms with E-state index >= 15 is 0 Å². The quantitative estimate of drug-likeness (QED) is 0.184. The maximum Gasteiger partial charge on any atom is 0.159 e. The third-order valence-corrected chi connectivity index (χ3v) is 9.77. The first kappa shape index (κ1) is 32.3. The highest BCUT2D eigenvalue weighted by molar-refractivity contribution is 6.11. The summed E-state index contributed by atoms with van der Waals surface area (Å²) in [5, 5.41) is 2.32. The summed E-state index contributed by atoms with van der Waals surface area (Å²) in [4.78, 5) is 19.1. The number of para-hydroxylation sites is 1. The molecular weight excluding hydrogens is 623 g/mol. The molecule has 0 spiro atoms. The molecule has 0 N–H and O–H groups in total. The lowest BCUT2D eigenvalue weighted by atomic mass is 9.86. The smallest absolute Gasteiger partial charge is 0.159 e. The third kappa shape index (κ3) is 6.21. The van der Waals surface area contributed by atoms with Crippen LogP contribution in [0.15, 0.2) is 140 Å². The predicted octanol–water partition coefficient (Wildman–Crippen LogP) is 11.6. The molecule has 8 aromatic rings. The minimum atomic E-state index is 0.101. The monoisotopic (exact) mass is 663 g/mol. The Hall–Kier alpha value is -5.94. The molecule has 5 aromatic carbocycles. The zero-order valence-corrected chi connectivity index (χ0v) is 30.0. The summed E-state index contributed by atoms with van der Waals surface area (Å²) in [7, 11) is 0. The topological polar surface area (TPSA) is 56.5 Å². The standard InChI is InChI=1S/C46H41N5/c1-45(2,3)36-18-12-30(13-19-36)43-47-26-34(27-48-43)32-16-22-41-39(24-32)40-25-33(17-23-42(40)51(41)38-10-8-7-9-11-38)35-28-49-44(50-29-35)31-14-20-37(21-15-31)46(4,5)6/h7-29H,1-6H3. The Labute approximate surface area is 299 Å². The van der Waals surface area contributed by atoms with Gasteiger partial charge in [-0.05, 0) is 69.5 Å². The van der Waals surface area contributed by atoms with E-state index in [4.69, 9.17) is 19.9 Å². The first-order valence-corrected chi connectivity index (χ1v) is 17.5. The molecule has 0 fully saturated rings. The fourth-order valence-electron chi connectivity index (χ4n) is 6.73. The Balaban J connectivity index is 1.17. The van der Waals surface area contributed by atoms with Crippen LogP contribution in [0.5, 0.6) is 0 Å². The fourth-order valence-corrected chi connectivity index (χ4v) is 6.73. The van der Waals surface area contributed by atoms with Crippen molar-refractivity contribution in [3.05, 3.63) is 151 Å². The zero-order valence-electron chi connectivity index (χ0n) is 30.0. The number of nitrogens with zero attached hydrogens (tertiary/aromatic N) is 5. The number of hydrogen-bond acceptors (Lipinski definition) is 4. The first-order chi connectivity index (χ1) is 24.5. The van der Waals surface area contributed by atoms with Gasteiger partial charge < -0.3 is 4.57 Å². The first-order valence-electron chi connectivity index (χ1n) is 17.5. The average Bonchev–Trinajstić information content (AvgIpc) is 3.48. The van der Waals surface area contributed by atoms with Gasteiger partial charge in [-0.15, -0.1) is 0 Å². The number of fused-ring (bicyclic) bond motifs is 3. The van der Waals surface area contributed by atoms with E-state index in [1.165, 1.54) is 11.1 Å². The Bertz CT molecular complexity index is 2320. The van der Waals surface area contributed by atoms with E-state index in [0.29, 0.717) is 0 Å². The van der Waals surface area contributed by atoms with E-state index < -0.39 is 0 Å². The zero-order chi connectivity index (χ0) is 35.3. The molecule has 0 aliphatic heterocycles. The molecule has 51 heavy (non-hydrogen) atoms. The Morgan fingerprint density at radius 3 is 1.14 bits per heavy atom. The van der Waals surface area contributed by atoms with Gasteiger partial charge in [-0.25, -0.2) is 19.9 Å². The largest absolute Gasteiger partial charge is 0.309 e. The van der Waals surface area contributed by atoms with Crippen LogP contribution < -0.4 is 0 Å². The van der Waals surface area contributed by atoms with Gasteiger partial charge in [-0.2, -0.15) is 0 Å². The molecule has 5 heteroatoms. The van der Waals surface area contributed by atoms with Crippen LogP contribution in [0.2, 0.25) is 0 Å². The molecule has 0 atom stereocenters. The van der Waals surface area contributed by atoms with Crippen molar-refractivity contribution in [1.29, 1.82) is 0 Å². The van der Waals surface area contributed by atoms with Gasteiger partial charge in [0.1, 0.15) is 0 Å².